The number of carbonyl (C=O) groups excluding carboxylic acids is 1. The highest BCUT2D eigenvalue weighted by Crippen LogP contribution is 2.38. The highest BCUT2D eigenvalue weighted by atomic mass is 32.2. The lowest BCUT2D eigenvalue weighted by atomic mass is 10.1. The molecule has 0 atom stereocenters. The van der Waals surface area contributed by atoms with Crippen molar-refractivity contribution in [1.29, 1.82) is 0 Å². The molecule has 1 heterocycles. The Hall–Kier alpha value is -2.27. The van der Waals surface area contributed by atoms with Gasteiger partial charge >= 0.3 is 12.1 Å². The molecule has 0 saturated carbocycles. The van der Waals surface area contributed by atoms with Crippen molar-refractivity contribution in [2.45, 2.75) is 13.1 Å². The van der Waals surface area contributed by atoms with E-state index in [1.54, 1.807) is 14.0 Å². The van der Waals surface area contributed by atoms with Crippen molar-refractivity contribution in [2.24, 2.45) is 0 Å². The first-order valence-corrected chi connectivity index (χ1v) is 9.71. The fourth-order valence-corrected chi connectivity index (χ4v) is 2.91. The third-order valence-corrected chi connectivity index (χ3v) is 4.30. The van der Waals surface area contributed by atoms with Crippen molar-refractivity contribution < 1.29 is 35.3 Å². The number of H-pyrrole nitrogens is 1. The topological polar surface area (TPSA) is 88.7 Å². The first kappa shape index (κ1) is 21.0. The highest BCUT2D eigenvalue weighted by molar-refractivity contribution is 7.85. The lowest BCUT2D eigenvalue weighted by Crippen LogP contribution is -2.24. The Morgan fingerprint density at radius 2 is 1.96 bits per heavy atom. The molecule has 0 aliphatic carbocycles. The number of aromatic amines is 1. The lowest BCUT2D eigenvalue weighted by molar-refractivity contribution is -0.136. The Morgan fingerprint density at radius 3 is 2.52 bits per heavy atom. The van der Waals surface area contributed by atoms with Gasteiger partial charge in [0, 0.05) is 19.0 Å². The van der Waals surface area contributed by atoms with E-state index in [0.29, 0.717) is 5.69 Å². The fraction of sp³-hybridized carbons (Fsp3) is 0.438. The van der Waals surface area contributed by atoms with Gasteiger partial charge in [0.05, 0.1) is 36.2 Å². The number of likely N-dealkylation sites (N-methyl/N-ethyl adjacent to an activating group) is 1. The molecule has 0 bridgehead atoms. The van der Waals surface area contributed by atoms with Crippen LogP contribution in [0.4, 0.5) is 18.9 Å². The molecule has 0 fully saturated rings. The molecule has 0 saturated heterocycles. The molecular formula is C16H19F3N2O5S. The van der Waals surface area contributed by atoms with Gasteiger partial charge in [-0.25, -0.2) is 4.79 Å². The van der Waals surface area contributed by atoms with Crippen LogP contribution in [-0.4, -0.2) is 52.4 Å². The smallest absolute Gasteiger partial charge is 0.417 e. The molecule has 7 nitrogen and oxygen atoms in total. The standard InChI is InChI=1S/C16H19F3N2O5S/c1-4-25-15(22)12-9-10-11(16(17,18)19)5-6-13(14(10)20-12)21(2)7-8-26-27(3,23)24/h5-6,9,20H,4,7-8H2,1-3H3. The molecule has 150 valence electrons. The van der Waals surface area contributed by atoms with Gasteiger partial charge < -0.3 is 14.6 Å². The normalized spacial score (nSPS) is 12.4. The molecule has 0 spiro atoms. The summed E-state index contributed by atoms with van der Waals surface area (Å²) in [4.78, 5) is 16.1. The zero-order chi connectivity index (χ0) is 20.4. The van der Waals surface area contributed by atoms with Crippen molar-refractivity contribution in [3.8, 4) is 0 Å². The van der Waals surface area contributed by atoms with Gasteiger partial charge in [0.25, 0.3) is 10.1 Å². The van der Waals surface area contributed by atoms with Crippen LogP contribution in [0.5, 0.6) is 0 Å². The van der Waals surface area contributed by atoms with Crippen LogP contribution in [0.15, 0.2) is 18.2 Å². The van der Waals surface area contributed by atoms with E-state index < -0.39 is 27.8 Å². The Morgan fingerprint density at radius 1 is 1.30 bits per heavy atom. The van der Waals surface area contributed by atoms with E-state index >= 15 is 0 Å². The molecule has 2 aromatic rings. The molecule has 0 aliphatic heterocycles. The van der Waals surface area contributed by atoms with Crippen LogP contribution >= 0.6 is 0 Å². The Balaban J connectivity index is 2.46. The van der Waals surface area contributed by atoms with Crippen molar-refractivity contribution in [2.75, 3.05) is 38.0 Å². The highest BCUT2D eigenvalue weighted by Gasteiger charge is 2.34. The van der Waals surface area contributed by atoms with E-state index in [1.807, 2.05) is 0 Å². The Labute approximate surface area is 154 Å². The maximum absolute atomic E-state index is 13.3. The largest absolute Gasteiger partial charge is 0.461 e. The molecule has 27 heavy (non-hydrogen) atoms. The molecule has 0 unspecified atom stereocenters. The number of nitrogens with one attached hydrogen (secondary N) is 1. The van der Waals surface area contributed by atoms with Crippen molar-refractivity contribution >= 4 is 32.7 Å². The Kier molecular flexibility index (Phi) is 6.05. The number of rotatable bonds is 7. The number of alkyl halides is 3. The number of esters is 1. The van der Waals surface area contributed by atoms with E-state index in [9.17, 15) is 26.4 Å². The summed E-state index contributed by atoms with van der Waals surface area (Å²) in [6, 6.07) is 3.26. The maximum atomic E-state index is 13.3. The van der Waals surface area contributed by atoms with Crippen molar-refractivity contribution in [3.05, 3.63) is 29.5 Å². The zero-order valence-corrected chi connectivity index (χ0v) is 15.7. The van der Waals surface area contributed by atoms with Crippen LogP contribution in [0.1, 0.15) is 23.0 Å². The number of hydrogen-bond acceptors (Lipinski definition) is 6. The molecule has 0 aliphatic rings. The second-order valence-corrected chi connectivity index (χ2v) is 7.41. The summed E-state index contributed by atoms with van der Waals surface area (Å²) in [5.74, 6) is -0.768. The van der Waals surface area contributed by atoms with Gasteiger partial charge in [0.2, 0.25) is 0 Å². The molecule has 1 aromatic heterocycles. The molecule has 2 rings (SSSR count). The number of hydrogen-bond donors (Lipinski definition) is 1. The fourth-order valence-electron chi connectivity index (χ4n) is 2.53. The van der Waals surface area contributed by atoms with E-state index in [0.717, 1.165) is 18.4 Å². The third-order valence-electron chi connectivity index (χ3n) is 3.71. The number of fused-ring (bicyclic) bond motifs is 1. The predicted octanol–water partition coefficient (Wildman–Crippen LogP) is 2.78. The van der Waals surface area contributed by atoms with Gasteiger partial charge in [0.15, 0.2) is 0 Å². The van der Waals surface area contributed by atoms with Crippen molar-refractivity contribution in [3.63, 3.8) is 0 Å². The summed E-state index contributed by atoms with van der Waals surface area (Å²) in [6.45, 7) is 1.59. The van der Waals surface area contributed by atoms with Crippen LogP contribution in [0, 0.1) is 0 Å². The van der Waals surface area contributed by atoms with E-state index in [1.165, 1.54) is 11.0 Å². The second kappa shape index (κ2) is 7.77. The first-order chi connectivity index (χ1) is 12.4. The summed E-state index contributed by atoms with van der Waals surface area (Å²) >= 11 is 0. The monoisotopic (exact) mass is 408 g/mol. The molecular weight excluding hydrogens is 389 g/mol. The second-order valence-electron chi connectivity index (χ2n) is 5.77. The molecule has 1 N–H and O–H groups in total. The van der Waals surface area contributed by atoms with Crippen LogP contribution in [-0.2, 0) is 25.2 Å². The van der Waals surface area contributed by atoms with Gasteiger partial charge in [0.1, 0.15) is 5.69 Å². The van der Waals surface area contributed by atoms with E-state index in [4.69, 9.17) is 4.74 Å². The average molecular weight is 408 g/mol. The molecule has 0 amide bonds. The van der Waals surface area contributed by atoms with Gasteiger partial charge in [-0.1, -0.05) is 0 Å². The number of nitrogens with zero attached hydrogens (tertiary/aromatic N) is 1. The van der Waals surface area contributed by atoms with Gasteiger partial charge in [-0.15, -0.1) is 0 Å². The SMILES string of the molecule is CCOC(=O)c1cc2c(C(F)(F)F)ccc(N(C)CCOS(C)(=O)=O)c2[nH]1. The predicted molar refractivity (Wildman–Crippen MR) is 93.3 cm³/mol. The van der Waals surface area contributed by atoms with Gasteiger partial charge in [-0.2, -0.15) is 21.6 Å². The number of ether oxygens (including phenoxy) is 1. The number of carbonyl (C=O) groups is 1. The number of halogens is 3. The minimum atomic E-state index is -4.61. The summed E-state index contributed by atoms with van der Waals surface area (Å²) in [5.41, 5.74) is -0.556. The zero-order valence-electron chi connectivity index (χ0n) is 14.9. The molecule has 11 heteroatoms. The summed E-state index contributed by atoms with van der Waals surface area (Å²) in [6.07, 6.45) is -3.71. The minimum Gasteiger partial charge on any atom is -0.461 e. The molecule has 1 aromatic carbocycles. The summed E-state index contributed by atoms with van der Waals surface area (Å²) < 4.78 is 71.5. The number of aromatic nitrogens is 1. The van der Waals surface area contributed by atoms with Crippen molar-refractivity contribution in [1.82, 2.24) is 4.98 Å². The van der Waals surface area contributed by atoms with E-state index in [2.05, 4.69) is 9.17 Å². The quantitative estimate of drug-likeness (QED) is 0.560. The van der Waals surface area contributed by atoms with Crippen LogP contribution < -0.4 is 4.90 Å². The molecule has 0 radical (unpaired) electrons. The number of benzene rings is 1. The summed E-state index contributed by atoms with van der Waals surface area (Å²) in [7, 11) is -2.06. The van der Waals surface area contributed by atoms with Gasteiger partial charge in [-0.05, 0) is 25.1 Å². The lowest BCUT2D eigenvalue weighted by Gasteiger charge is -2.21. The van der Waals surface area contributed by atoms with Crippen LogP contribution in [0.2, 0.25) is 0 Å². The van der Waals surface area contributed by atoms with Crippen LogP contribution in [0.3, 0.4) is 0 Å². The average Bonchev–Trinajstić information content (AvgIpc) is 2.96. The Bertz CT molecular complexity index is 937. The third kappa shape index (κ3) is 5.13. The minimum absolute atomic E-state index is 0.0793. The number of anilines is 1. The van der Waals surface area contributed by atoms with Crippen LogP contribution in [0.25, 0.3) is 10.9 Å². The van der Waals surface area contributed by atoms with E-state index in [-0.39, 0.29) is 36.4 Å². The summed E-state index contributed by atoms with van der Waals surface area (Å²) in [5, 5.41) is -0.182. The maximum Gasteiger partial charge on any atom is 0.417 e. The van der Waals surface area contributed by atoms with Gasteiger partial charge in [-0.3, -0.25) is 4.18 Å². The first-order valence-electron chi connectivity index (χ1n) is 7.89.